The molecule has 18 heavy (non-hydrogen) atoms. The molecule has 1 atom stereocenters. The molecule has 0 fully saturated rings. The first kappa shape index (κ1) is 14.6. The monoisotopic (exact) mass is 250 g/mol. The summed E-state index contributed by atoms with van der Waals surface area (Å²) in [5.74, 6) is 0.197. The Bertz CT molecular complexity index is 357. The number of carbonyl (C=O) groups is 1. The molecule has 1 N–H and O–H groups in total. The van der Waals surface area contributed by atoms with Crippen molar-refractivity contribution in [3.05, 3.63) is 29.8 Å². The molecule has 0 aliphatic rings. The van der Waals surface area contributed by atoms with Crippen LogP contribution in [0.1, 0.15) is 38.2 Å². The Balaban J connectivity index is 2.12. The third-order valence-electron chi connectivity index (χ3n) is 3.14. The smallest absolute Gasteiger partial charge is 0.308 e. The normalized spacial score (nSPS) is 12.1. The molecule has 3 nitrogen and oxygen atoms in total. The number of hydrogen-bond acceptors (Lipinski definition) is 3. The van der Waals surface area contributed by atoms with Gasteiger partial charge in [-0.3, -0.25) is 4.79 Å². The second-order valence-corrected chi connectivity index (χ2v) is 4.69. The summed E-state index contributed by atoms with van der Waals surface area (Å²) < 4.78 is 4.69. The number of esters is 1. The van der Waals surface area contributed by atoms with Gasteiger partial charge in [-0.2, -0.15) is 0 Å². The summed E-state index contributed by atoms with van der Waals surface area (Å²) in [6.45, 7) is 1.91. The lowest BCUT2D eigenvalue weighted by molar-refractivity contribution is -0.145. The van der Waals surface area contributed by atoms with Gasteiger partial charge < -0.3 is 9.84 Å². The summed E-state index contributed by atoms with van der Waals surface area (Å²) in [4.78, 5) is 11.2. The van der Waals surface area contributed by atoms with Gasteiger partial charge in [-0.25, -0.2) is 0 Å². The van der Waals surface area contributed by atoms with Crippen molar-refractivity contribution in [2.24, 2.45) is 5.92 Å². The maximum atomic E-state index is 11.2. The minimum absolute atomic E-state index is 0.00340. The molecule has 0 bridgehead atoms. The van der Waals surface area contributed by atoms with Gasteiger partial charge in [0.1, 0.15) is 5.75 Å². The summed E-state index contributed by atoms with van der Waals surface area (Å²) in [6.07, 6.45) is 5.18. The fourth-order valence-electron chi connectivity index (χ4n) is 1.94. The number of aromatic hydroxyl groups is 1. The number of aryl methyl sites for hydroxylation is 1. The standard InChI is InChI=1S/C15H22O3/c1-12(15(17)18-2)6-4-3-5-7-13-8-10-14(16)11-9-13/h8-12,16H,3-7H2,1-2H3. The molecule has 3 heteroatoms. The van der Waals surface area contributed by atoms with Crippen molar-refractivity contribution in [1.29, 1.82) is 0 Å². The number of phenolic OH excluding ortho intramolecular Hbond substituents is 1. The molecule has 0 spiro atoms. The van der Waals surface area contributed by atoms with Gasteiger partial charge in [-0.1, -0.05) is 31.9 Å². The van der Waals surface area contributed by atoms with Crippen molar-refractivity contribution in [3.63, 3.8) is 0 Å². The highest BCUT2D eigenvalue weighted by atomic mass is 16.5. The number of unbranched alkanes of at least 4 members (excludes halogenated alkanes) is 2. The second-order valence-electron chi connectivity index (χ2n) is 4.69. The lowest BCUT2D eigenvalue weighted by Crippen LogP contribution is -2.12. The summed E-state index contributed by atoms with van der Waals surface area (Å²) in [5, 5.41) is 9.16. The zero-order chi connectivity index (χ0) is 13.4. The molecule has 0 heterocycles. The topological polar surface area (TPSA) is 46.5 Å². The molecule has 0 aliphatic heterocycles. The van der Waals surface area contributed by atoms with Gasteiger partial charge >= 0.3 is 5.97 Å². The number of carbonyl (C=O) groups excluding carboxylic acids is 1. The van der Waals surface area contributed by atoms with Crippen molar-refractivity contribution in [2.45, 2.75) is 39.0 Å². The van der Waals surface area contributed by atoms with Crippen LogP contribution in [0.2, 0.25) is 0 Å². The SMILES string of the molecule is COC(=O)C(C)CCCCCc1ccc(O)cc1. The predicted molar refractivity (Wildman–Crippen MR) is 71.5 cm³/mol. The molecular weight excluding hydrogens is 228 g/mol. The van der Waals surface area contributed by atoms with Crippen LogP contribution in [-0.4, -0.2) is 18.2 Å². The fourth-order valence-corrected chi connectivity index (χ4v) is 1.94. The lowest BCUT2D eigenvalue weighted by atomic mass is 10.0. The molecule has 0 aliphatic carbocycles. The first-order valence-electron chi connectivity index (χ1n) is 6.49. The van der Waals surface area contributed by atoms with Crippen LogP contribution < -0.4 is 0 Å². The molecule has 0 radical (unpaired) electrons. The minimum atomic E-state index is -0.117. The highest BCUT2D eigenvalue weighted by molar-refractivity contribution is 5.71. The summed E-state index contributed by atoms with van der Waals surface area (Å²) in [6, 6.07) is 7.34. The van der Waals surface area contributed by atoms with E-state index in [-0.39, 0.29) is 11.9 Å². The average Bonchev–Trinajstić information content (AvgIpc) is 2.39. The van der Waals surface area contributed by atoms with Crippen LogP contribution in [0.3, 0.4) is 0 Å². The maximum Gasteiger partial charge on any atom is 0.308 e. The van der Waals surface area contributed by atoms with E-state index >= 15 is 0 Å². The number of phenols is 1. The Morgan fingerprint density at radius 1 is 1.22 bits per heavy atom. The van der Waals surface area contributed by atoms with E-state index in [1.165, 1.54) is 12.7 Å². The van der Waals surface area contributed by atoms with Crippen LogP contribution in [0, 0.1) is 5.92 Å². The average molecular weight is 250 g/mol. The van der Waals surface area contributed by atoms with Gasteiger partial charge in [0.15, 0.2) is 0 Å². The van der Waals surface area contributed by atoms with E-state index in [9.17, 15) is 4.79 Å². The van der Waals surface area contributed by atoms with Gasteiger partial charge in [0, 0.05) is 0 Å². The molecule has 1 rings (SSSR count). The first-order chi connectivity index (χ1) is 8.63. The second kappa shape index (κ2) is 7.75. The summed E-state index contributed by atoms with van der Waals surface area (Å²) >= 11 is 0. The highest BCUT2D eigenvalue weighted by Gasteiger charge is 2.11. The van der Waals surface area contributed by atoms with Gasteiger partial charge in [-0.05, 0) is 37.0 Å². The maximum absolute atomic E-state index is 11.2. The van der Waals surface area contributed by atoms with Crippen molar-refractivity contribution in [3.8, 4) is 5.75 Å². The van der Waals surface area contributed by atoms with E-state index in [1.54, 1.807) is 12.1 Å². The van der Waals surface area contributed by atoms with Crippen LogP contribution in [0.15, 0.2) is 24.3 Å². The molecule has 1 aromatic carbocycles. The van der Waals surface area contributed by atoms with Gasteiger partial charge in [0.2, 0.25) is 0 Å². The van der Waals surface area contributed by atoms with E-state index in [0.29, 0.717) is 5.75 Å². The Hall–Kier alpha value is -1.51. The lowest BCUT2D eigenvalue weighted by Gasteiger charge is -2.08. The molecule has 0 amide bonds. The van der Waals surface area contributed by atoms with Crippen LogP contribution in [0.25, 0.3) is 0 Å². The molecule has 0 saturated heterocycles. The molecule has 0 aromatic heterocycles. The number of ether oxygens (including phenoxy) is 1. The van der Waals surface area contributed by atoms with Gasteiger partial charge in [0.05, 0.1) is 13.0 Å². The summed E-state index contributed by atoms with van der Waals surface area (Å²) in [7, 11) is 1.43. The third-order valence-corrected chi connectivity index (χ3v) is 3.14. The van der Waals surface area contributed by atoms with Crippen molar-refractivity contribution in [2.75, 3.05) is 7.11 Å². The number of methoxy groups -OCH3 is 1. The van der Waals surface area contributed by atoms with Crippen LogP contribution in [0.5, 0.6) is 5.75 Å². The Morgan fingerprint density at radius 2 is 1.89 bits per heavy atom. The number of benzene rings is 1. The van der Waals surface area contributed by atoms with Gasteiger partial charge in [0.25, 0.3) is 0 Å². The number of rotatable bonds is 7. The molecular formula is C15H22O3. The van der Waals surface area contributed by atoms with Crippen LogP contribution in [0.4, 0.5) is 0 Å². The largest absolute Gasteiger partial charge is 0.508 e. The quantitative estimate of drug-likeness (QED) is 0.596. The van der Waals surface area contributed by atoms with E-state index < -0.39 is 0 Å². The molecule has 0 saturated carbocycles. The zero-order valence-corrected chi connectivity index (χ0v) is 11.2. The highest BCUT2D eigenvalue weighted by Crippen LogP contribution is 2.14. The van der Waals surface area contributed by atoms with Gasteiger partial charge in [-0.15, -0.1) is 0 Å². The molecule has 1 unspecified atom stereocenters. The van der Waals surface area contributed by atoms with E-state index in [1.807, 2.05) is 19.1 Å². The van der Waals surface area contributed by atoms with Crippen LogP contribution >= 0.6 is 0 Å². The summed E-state index contributed by atoms with van der Waals surface area (Å²) in [5.41, 5.74) is 1.24. The minimum Gasteiger partial charge on any atom is -0.508 e. The third kappa shape index (κ3) is 5.21. The predicted octanol–water partition coefficient (Wildman–Crippen LogP) is 3.30. The molecule has 100 valence electrons. The van der Waals surface area contributed by atoms with E-state index in [2.05, 4.69) is 4.74 Å². The Labute approximate surface area is 109 Å². The van der Waals surface area contributed by atoms with E-state index in [0.717, 1.165) is 32.1 Å². The van der Waals surface area contributed by atoms with Crippen molar-refractivity contribution >= 4 is 5.97 Å². The fraction of sp³-hybridized carbons (Fsp3) is 0.533. The molecule has 1 aromatic rings. The Morgan fingerprint density at radius 3 is 2.50 bits per heavy atom. The van der Waals surface area contributed by atoms with Crippen molar-refractivity contribution < 1.29 is 14.6 Å². The Kier molecular flexibility index (Phi) is 6.26. The van der Waals surface area contributed by atoms with E-state index in [4.69, 9.17) is 5.11 Å². The zero-order valence-electron chi connectivity index (χ0n) is 11.2. The van der Waals surface area contributed by atoms with Crippen LogP contribution in [-0.2, 0) is 16.0 Å². The first-order valence-corrected chi connectivity index (χ1v) is 6.49. The number of hydrogen-bond donors (Lipinski definition) is 1. The van der Waals surface area contributed by atoms with Crippen molar-refractivity contribution in [1.82, 2.24) is 0 Å².